The van der Waals surface area contributed by atoms with Crippen molar-refractivity contribution in [2.75, 3.05) is 13.7 Å². The fraction of sp³-hybridized carbons (Fsp3) is 0.933. The Morgan fingerprint density at radius 3 is 2.42 bits per heavy atom. The highest BCUT2D eigenvalue weighted by Gasteiger charge is 2.38. The lowest BCUT2D eigenvalue weighted by Gasteiger charge is -2.29. The number of carbonyl (C=O) groups is 1. The highest BCUT2D eigenvalue weighted by molar-refractivity contribution is 5.80. The van der Waals surface area contributed by atoms with E-state index >= 15 is 0 Å². The van der Waals surface area contributed by atoms with E-state index in [1.54, 1.807) is 0 Å². The van der Waals surface area contributed by atoms with Gasteiger partial charge >= 0.3 is 5.97 Å². The standard InChI is InChI=1S/C15H29NO3/c1-6-14(2,3)19-11-7-10-15(4,13(17)18-5)16-12-8-9-12/h12,16H,6-11H2,1-5H3. The van der Waals surface area contributed by atoms with E-state index in [-0.39, 0.29) is 11.6 Å². The van der Waals surface area contributed by atoms with Crippen molar-refractivity contribution in [3.8, 4) is 0 Å². The van der Waals surface area contributed by atoms with Crippen molar-refractivity contribution in [3.05, 3.63) is 0 Å². The van der Waals surface area contributed by atoms with Gasteiger partial charge in [-0.1, -0.05) is 6.92 Å². The maximum absolute atomic E-state index is 11.9. The number of esters is 1. The molecule has 0 saturated heterocycles. The second-order valence-corrected chi connectivity index (χ2v) is 6.31. The molecule has 0 radical (unpaired) electrons. The number of ether oxygens (including phenoxy) is 2. The van der Waals surface area contributed by atoms with Crippen LogP contribution in [0.15, 0.2) is 0 Å². The van der Waals surface area contributed by atoms with Gasteiger partial charge in [-0.15, -0.1) is 0 Å². The maximum atomic E-state index is 11.9. The summed E-state index contributed by atoms with van der Waals surface area (Å²) in [6, 6.07) is 0.483. The first-order chi connectivity index (χ1) is 8.83. The van der Waals surface area contributed by atoms with E-state index in [4.69, 9.17) is 9.47 Å². The molecule has 0 aromatic carbocycles. The summed E-state index contributed by atoms with van der Waals surface area (Å²) in [5.41, 5.74) is -0.652. The first kappa shape index (κ1) is 16.4. The van der Waals surface area contributed by atoms with E-state index in [1.807, 2.05) is 6.92 Å². The average molecular weight is 271 g/mol. The minimum Gasteiger partial charge on any atom is -0.468 e. The fourth-order valence-corrected chi connectivity index (χ4v) is 2.01. The molecule has 1 atom stereocenters. The molecule has 1 saturated carbocycles. The summed E-state index contributed by atoms with van der Waals surface area (Å²) in [5, 5.41) is 3.40. The average Bonchev–Trinajstić information content (AvgIpc) is 3.17. The number of hydrogen-bond donors (Lipinski definition) is 1. The summed E-state index contributed by atoms with van der Waals surface area (Å²) < 4.78 is 10.7. The normalized spacial score (nSPS) is 19.0. The summed E-state index contributed by atoms with van der Waals surface area (Å²) in [6.45, 7) is 8.92. The summed E-state index contributed by atoms with van der Waals surface area (Å²) in [6.07, 6.45) is 4.91. The molecular formula is C15H29NO3. The van der Waals surface area contributed by atoms with Crippen molar-refractivity contribution in [2.45, 2.75) is 77.0 Å². The minimum absolute atomic E-state index is 0.0778. The lowest BCUT2D eigenvalue weighted by atomic mass is 9.95. The predicted octanol–water partition coefficient (Wildman–Crippen LogP) is 2.66. The monoisotopic (exact) mass is 271 g/mol. The smallest absolute Gasteiger partial charge is 0.325 e. The van der Waals surface area contributed by atoms with Gasteiger partial charge in [-0.2, -0.15) is 0 Å². The van der Waals surface area contributed by atoms with Gasteiger partial charge in [0.05, 0.1) is 12.7 Å². The molecule has 19 heavy (non-hydrogen) atoms. The van der Waals surface area contributed by atoms with Crippen LogP contribution in [0.2, 0.25) is 0 Å². The van der Waals surface area contributed by atoms with Gasteiger partial charge in [0.15, 0.2) is 0 Å². The molecular weight excluding hydrogens is 242 g/mol. The van der Waals surface area contributed by atoms with Crippen LogP contribution in [0.25, 0.3) is 0 Å². The molecule has 1 fully saturated rings. The van der Waals surface area contributed by atoms with Gasteiger partial charge in [-0.3, -0.25) is 10.1 Å². The zero-order chi connectivity index (χ0) is 14.5. The first-order valence-corrected chi connectivity index (χ1v) is 7.33. The molecule has 1 unspecified atom stereocenters. The highest BCUT2D eigenvalue weighted by atomic mass is 16.5. The summed E-state index contributed by atoms with van der Waals surface area (Å²) in [5.74, 6) is -0.172. The molecule has 0 aromatic rings. The molecule has 0 spiro atoms. The van der Waals surface area contributed by atoms with Crippen LogP contribution in [0.3, 0.4) is 0 Å². The summed E-state index contributed by atoms with van der Waals surface area (Å²) in [4.78, 5) is 11.9. The van der Waals surface area contributed by atoms with Crippen LogP contribution in [0.1, 0.15) is 59.8 Å². The Labute approximate surface area is 117 Å². The van der Waals surface area contributed by atoms with Crippen LogP contribution in [0, 0.1) is 0 Å². The van der Waals surface area contributed by atoms with Crippen LogP contribution in [-0.2, 0) is 14.3 Å². The molecule has 0 aromatic heterocycles. The van der Waals surface area contributed by atoms with Crippen molar-refractivity contribution < 1.29 is 14.3 Å². The molecule has 0 bridgehead atoms. The van der Waals surface area contributed by atoms with E-state index in [2.05, 4.69) is 26.1 Å². The van der Waals surface area contributed by atoms with E-state index in [0.29, 0.717) is 12.6 Å². The lowest BCUT2D eigenvalue weighted by molar-refractivity contribution is -0.148. The van der Waals surface area contributed by atoms with Gasteiger partial charge in [0.1, 0.15) is 5.54 Å². The second kappa shape index (κ2) is 6.71. The van der Waals surface area contributed by atoms with Gasteiger partial charge in [0.25, 0.3) is 0 Å². The Bertz CT molecular complexity index is 300. The molecule has 4 heteroatoms. The molecule has 1 aliphatic carbocycles. The highest BCUT2D eigenvalue weighted by Crippen LogP contribution is 2.26. The van der Waals surface area contributed by atoms with Crippen LogP contribution in [-0.4, -0.2) is 36.9 Å². The topological polar surface area (TPSA) is 47.6 Å². The predicted molar refractivity (Wildman–Crippen MR) is 76.1 cm³/mol. The third-order valence-electron chi connectivity index (χ3n) is 3.90. The van der Waals surface area contributed by atoms with Crippen molar-refractivity contribution in [2.24, 2.45) is 0 Å². The number of rotatable bonds is 9. The number of carbonyl (C=O) groups excluding carboxylic acids is 1. The first-order valence-electron chi connectivity index (χ1n) is 7.33. The molecule has 0 heterocycles. The number of methoxy groups -OCH3 is 1. The Balaban J connectivity index is 2.38. The molecule has 112 valence electrons. The van der Waals surface area contributed by atoms with Gasteiger partial charge < -0.3 is 9.47 Å². The van der Waals surface area contributed by atoms with Crippen LogP contribution < -0.4 is 5.32 Å². The van der Waals surface area contributed by atoms with E-state index < -0.39 is 5.54 Å². The maximum Gasteiger partial charge on any atom is 0.325 e. The van der Waals surface area contributed by atoms with Crippen LogP contribution in [0.4, 0.5) is 0 Å². The number of hydrogen-bond acceptors (Lipinski definition) is 4. The van der Waals surface area contributed by atoms with Crippen LogP contribution >= 0.6 is 0 Å². The quantitative estimate of drug-likeness (QED) is 0.517. The van der Waals surface area contributed by atoms with E-state index in [0.717, 1.165) is 32.1 Å². The molecule has 4 nitrogen and oxygen atoms in total. The SMILES string of the molecule is CCC(C)(C)OCCCC(C)(NC1CC1)C(=O)OC. The Hall–Kier alpha value is -0.610. The van der Waals surface area contributed by atoms with Crippen LogP contribution in [0.5, 0.6) is 0 Å². The molecule has 1 rings (SSSR count). The molecule has 0 amide bonds. The van der Waals surface area contributed by atoms with E-state index in [9.17, 15) is 4.79 Å². The number of nitrogens with one attached hydrogen (secondary N) is 1. The third kappa shape index (κ3) is 5.49. The lowest BCUT2D eigenvalue weighted by Crippen LogP contribution is -2.51. The van der Waals surface area contributed by atoms with Gasteiger partial charge in [-0.05, 0) is 52.9 Å². The van der Waals surface area contributed by atoms with Crippen molar-refractivity contribution in [3.63, 3.8) is 0 Å². The summed E-state index contributed by atoms with van der Waals surface area (Å²) in [7, 11) is 1.45. The van der Waals surface area contributed by atoms with Gasteiger partial charge in [-0.25, -0.2) is 0 Å². The zero-order valence-corrected chi connectivity index (χ0v) is 13.0. The Kier molecular flexibility index (Phi) is 5.81. The largest absolute Gasteiger partial charge is 0.468 e. The van der Waals surface area contributed by atoms with Gasteiger partial charge in [0, 0.05) is 12.6 Å². The van der Waals surface area contributed by atoms with E-state index in [1.165, 1.54) is 7.11 Å². The minimum atomic E-state index is -0.574. The molecule has 1 N–H and O–H groups in total. The summed E-state index contributed by atoms with van der Waals surface area (Å²) >= 11 is 0. The zero-order valence-electron chi connectivity index (χ0n) is 13.0. The van der Waals surface area contributed by atoms with Crippen molar-refractivity contribution in [1.82, 2.24) is 5.32 Å². The molecule has 1 aliphatic rings. The Morgan fingerprint density at radius 1 is 1.32 bits per heavy atom. The van der Waals surface area contributed by atoms with Crippen molar-refractivity contribution in [1.29, 1.82) is 0 Å². The fourth-order valence-electron chi connectivity index (χ4n) is 2.01. The van der Waals surface area contributed by atoms with Gasteiger partial charge in [0.2, 0.25) is 0 Å². The third-order valence-corrected chi connectivity index (χ3v) is 3.90. The van der Waals surface area contributed by atoms with Crippen molar-refractivity contribution >= 4 is 5.97 Å². The Morgan fingerprint density at radius 2 is 1.95 bits per heavy atom. The second-order valence-electron chi connectivity index (χ2n) is 6.31. The molecule has 0 aliphatic heterocycles.